The minimum atomic E-state index is -0.129. The van der Waals surface area contributed by atoms with Crippen molar-refractivity contribution in [2.75, 3.05) is 52.8 Å². The first kappa shape index (κ1) is 20.9. The number of nitrogens with one attached hydrogen (secondary N) is 1. The Labute approximate surface area is 145 Å². The molecule has 1 aliphatic rings. The SMILES string of the molecule is CCOCCOCCOCCNC(=O)COC1C#CCCCCC1. The van der Waals surface area contributed by atoms with Gasteiger partial charge in [0, 0.05) is 19.6 Å². The summed E-state index contributed by atoms with van der Waals surface area (Å²) in [4.78, 5) is 11.7. The molecule has 1 N–H and O–H groups in total. The molecule has 24 heavy (non-hydrogen) atoms. The highest BCUT2D eigenvalue weighted by Crippen LogP contribution is 2.10. The first-order valence-corrected chi connectivity index (χ1v) is 8.93. The summed E-state index contributed by atoms with van der Waals surface area (Å²) in [5.41, 5.74) is 0. The van der Waals surface area contributed by atoms with Gasteiger partial charge in [0.25, 0.3) is 0 Å². The third kappa shape index (κ3) is 12.3. The molecule has 0 bridgehead atoms. The molecule has 0 fully saturated rings. The summed E-state index contributed by atoms with van der Waals surface area (Å²) in [6.07, 6.45) is 5.19. The predicted molar refractivity (Wildman–Crippen MR) is 91.7 cm³/mol. The second-order valence-electron chi connectivity index (χ2n) is 5.49. The van der Waals surface area contributed by atoms with Crippen LogP contribution in [-0.2, 0) is 23.7 Å². The lowest BCUT2D eigenvalue weighted by Gasteiger charge is -2.13. The molecule has 1 unspecified atom stereocenters. The molecule has 0 aliphatic heterocycles. The van der Waals surface area contributed by atoms with Gasteiger partial charge in [0.1, 0.15) is 12.7 Å². The number of ether oxygens (including phenoxy) is 4. The Kier molecular flexibility index (Phi) is 13.4. The van der Waals surface area contributed by atoms with E-state index < -0.39 is 0 Å². The van der Waals surface area contributed by atoms with Gasteiger partial charge in [-0.25, -0.2) is 0 Å². The van der Waals surface area contributed by atoms with Gasteiger partial charge in [-0.15, -0.1) is 5.92 Å². The zero-order valence-corrected chi connectivity index (χ0v) is 14.8. The Morgan fingerprint density at radius 3 is 2.58 bits per heavy atom. The van der Waals surface area contributed by atoms with Crippen LogP contribution in [0.2, 0.25) is 0 Å². The second-order valence-corrected chi connectivity index (χ2v) is 5.49. The largest absolute Gasteiger partial charge is 0.379 e. The third-order valence-electron chi connectivity index (χ3n) is 3.46. The lowest BCUT2D eigenvalue weighted by molar-refractivity contribution is -0.127. The molecule has 0 radical (unpaired) electrons. The summed E-state index contributed by atoms with van der Waals surface area (Å²) in [6.45, 7) is 5.87. The number of amides is 1. The molecule has 1 rings (SSSR count). The van der Waals surface area contributed by atoms with Crippen molar-refractivity contribution < 1.29 is 23.7 Å². The van der Waals surface area contributed by atoms with Gasteiger partial charge in [-0.1, -0.05) is 12.3 Å². The second kappa shape index (κ2) is 15.4. The number of carbonyl (C=O) groups is 1. The van der Waals surface area contributed by atoms with Crippen LogP contribution in [0.15, 0.2) is 0 Å². The van der Waals surface area contributed by atoms with E-state index in [4.69, 9.17) is 18.9 Å². The molecule has 1 amide bonds. The Morgan fingerprint density at radius 2 is 1.79 bits per heavy atom. The lowest BCUT2D eigenvalue weighted by Crippen LogP contribution is -2.32. The third-order valence-corrected chi connectivity index (χ3v) is 3.46. The number of hydrogen-bond donors (Lipinski definition) is 1. The van der Waals surface area contributed by atoms with Crippen LogP contribution in [0.5, 0.6) is 0 Å². The quantitative estimate of drug-likeness (QED) is 0.406. The molecule has 0 heterocycles. The molecule has 138 valence electrons. The molecule has 0 aromatic heterocycles. The summed E-state index contributed by atoms with van der Waals surface area (Å²) >= 11 is 0. The topological polar surface area (TPSA) is 66.0 Å². The Hall–Kier alpha value is -1.13. The number of carbonyl (C=O) groups excluding carboxylic acids is 1. The average molecular weight is 341 g/mol. The molecular formula is C18H31NO5. The first-order chi connectivity index (χ1) is 11.8. The molecule has 0 saturated carbocycles. The zero-order valence-electron chi connectivity index (χ0n) is 14.8. The highest BCUT2D eigenvalue weighted by atomic mass is 16.5. The lowest BCUT2D eigenvalue weighted by atomic mass is 10.1. The van der Waals surface area contributed by atoms with E-state index in [0.717, 1.165) is 25.7 Å². The van der Waals surface area contributed by atoms with Crippen molar-refractivity contribution in [2.24, 2.45) is 0 Å². The summed E-state index contributed by atoms with van der Waals surface area (Å²) < 4.78 is 21.4. The van der Waals surface area contributed by atoms with Gasteiger partial charge in [-0.05, 0) is 26.2 Å². The first-order valence-electron chi connectivity index (χ1n) is 8.93. The number of rotatable bonds is 13. The molecule has 1 aliphatic carbocycles. The Balaban J connectivity index is 1.91. The van der Waals surface area contributed by atoms with E-state index in [-0.39, 0.29) is 18.6 Å². The minimum Gasteiger partial charge on any atom is -0.379 e. The normalized spacial score (nSPS) is 17.5. The molecule has 1 atom stereocenters. The maximum atomic E-state index is 11.7. The van der Waals surface area contributed by atoms with Crippen LogP contribution in [0, 0.1) is 11.8 Å². The number of hydrogen-bond acceptors (Lipinski definition) is 5. The maximum absolute atomic E-state index is 11.7. The van der Waals surface area contributed by atoms with E-state index in [1.807, 2.05) is 6.92 Å². The van der Waals surface area contributed by atoms with Crippen LogP contribution in [0.1, 0.15) is 39.0 Å². The highest BCUT2D eigenvalue weighted by Gasteiger charge is 2.09. The Morgan fingerprint density at radius 1 is 1.04 bits per heavy atom. The summed E-state index contributed by atoms with van der Waals surface area (Å²) in [5, 5.41) is 2.77. The predicted octanol–water partition coefficient (Wildman–Crippen LogP) is 1.53. The van der Waals surface area contributed by atoms with Gasteiger partial charge in [0.15, 0.2) is 0 Å². The van der Waals surface area contributed by atoms with Crippen molar-refractivity contribution in [3.63, 3.8) is 0 Å². The van der Waals surface area contributed by atoms with E-state index in [2.05, 4.69) is 17.2 Å². The Bertz CT molecular complexity index is 377. The van der Waals surface area contributed by atoms with Crippen molar-refractivity contribution in [3.8, 4) is 11.8 Å². The molecule has 6 nitrogen and oxygen atoms in total. The van der Waals surface area contributed by atoms with Crippen LogP contribution in [-0.4, -0.2) is 64.8 Å². The van der Waals surface area contributed by atoms with Crippen molar-refractivity contribution in [2.45, 2.75) is 45.1 Å². The van der Waals surface area contributed by atoms with Gasteiger partial charge in [0.05, 0.1) is 33.0 Å². The van der Waals surface area contributed by atoms with Gasteiger partial charge in [0.2, 0.25) is 5.91 Å². The van der Waals surface area contributed by atoms with E-state index in [0.29, 0.717) is 46.2 Å². The smallest absolute Gasteiger partial charge is 0.246 e. The fourth-order valence-corrected chi connectivity index (χ4v) is 2.18. The molecule has 0 spiro atoms. The molecule has 0 saturated heterocycles. The van der Waals surface area contributed by atoms with Crippen molar-refractivity contribution in [1.29, 1.82) is 0 Å². The van der Waals surface area contributed by atoms with E-state index in [1.54, 1.807) is 0 Å². The zero-order chi connectivity index (χ0) is 17.3. The van der Waals surface area contributed by atoms with Gasteiger partial charge in [-0.3, -0.25) is 4.79 Å². The van der Waals surface area contributed by atoms with E-state index in [1.165, 1.54) is 6.42 Å². The van der Waals surface area contributed by atoms with Gasteiger partial charge < -0.3 is 24.3 Å². The summed E-state index contributed by atoms with van der Waals surface area (Å²) in [5.74, 6) is 6.06. The molecule has 0 aromatic rings. The summed E-state index contributed by atoms with van der Waals surface area (Å²) in [6, 6.07) is 0. The fourth-order valence-electron chi connectivity index (χ4n) is 2.18. The van der Waals surface area contributed by atoms with Crippen LogP contribution in [0.3, 0.4) is 0 Å². The fraction of sp³-hybridized carbons (Fsp3) is 0.833. The molecule has 0 aromatic carbocycles. The highest BCUT2D eigenvalue weighted by molar-refractivity contribution is 5.77. The van der Waals surface area contributed by atoms with E-state index in [9.17, 15) is 4.79 Å². The van der Waals surface area contributed by atoms with Crippen LogP contribution in [0.4, 0.5) is 0 Å². The minimum absolute atomic E-state index is 0.0554. The van der Waals surface area contributed by atoms with E-state index >= 15 is 0 Å². The van der Waals surface area contributed by atoms with Crippen LogP contribution < -0.4 is 5.32 Å². The van der Waals surface area contributed by atoms with Crippen molar-refractivity contribution >= 4 is 5.91 Å². The van der Waals surface area contributed by atoms with Gasteiger partial charge >= 0.3 is 0 Å². The van der Waals surface area contributed by atoms with Crippen molar-refractivity contribution in [1.82, 2.24) is 5.32 Å². The molecular weight excluding hydrogens is 310 g/mol. The van der Waals surface area contributed by atoms with Crippen molar-refractivity contribution in [3.05, 3.63) is 0 Å². The van der Waals surface area contributed by atoms with Gasteiger partial charge in [-0.2, -0.15) is 0 Å². The van der Waals surface area contributed by atoms with Crippen LogP contribution >= 0.6 is 0 Å². The summed E-state index contributed by atoms with van der Waals surface area (Å²) in [7, 11) is 0. The van der Waals surface area contributed by atoms with Crippen LogP contribution in [0.25, 0.3) is 0 Å². The maximum Gasteiger partial charge on any atom is 0.246 e. The average Bonchev–Trinajstić information content (AvgIpc) is 2.55. The monoisotopic (exact) mass is 341 g/mol. The molecule has 6 heteroatoms. The standard InChI is InChI=1S/C18H31NO5/c1-2-21-12-13-23-15-14-22-11-10-19-18(20)16-24-17-8-6-4-3-5-7-9-17/h17H,2-6,8,10-16H2,1H3,(H,19,20).